The van der Waals surface area contributed by atoms with E-state index in [-0.39, 0.29) is 17.5 Å². The number of aliphatic hydroxyl groups is 1. The van der Waals surface area contributed by atoms with Crippen LogP contribution in [0.3, 0.4) is 0 Å². The SMILES string of the molecule is CCC(C)N(C)S(=O)(=O)c1csc(CO)c1. The monoisotopic (exact) mass is 263 g/mol. The van der Waals surface area contributed by atoms with E-state index in [9.17, 15) is 8.42 Å². The lowest BCUT2D eigenvalue weighted by molar-refractivity contribution is 0.285. The average Bonchev–Trinajstić information content (AvgIpc) is 2.75. The summed E-state index contributed by atoms with van der Waals surface area (Å²) in [4.78, 5) is 0.931. The lowest BCUT2D eigenvalue weighted by atomic mass is 10.3. The van der Waals surface area contributed by atoms with Crippen LogP contribution in [0.25, 0.3) is 0 Å². The van der Waals surface area contributed by atoms with Crippen molar-refractivity contribution < 1.29 is 13.5 Å². The summed E-state index contributed by atoms with van der Waals surface area (Å²) in [5.74, 6) is 0. The molecule has 1 rings (SSSR count). The van der Waals surface area contributed by atoms with Gasteiger partial charge in [0, 0.05) is 23.3 Å². The predicted octanol–water partition coefficient (Wildman–Crippen LogP) is 1.66. The van der Waals surface area contributed by atoms with Crippen LogP contribution in [0.1, 0.15) is 25.1 Å². The van der Waals surface area contributed by atoms with Crippen LogP contribution < -0.4 is 0 Å². The topological polar surface area (TPSA) is 57.6 Å². The molecule has 0 aromatic carbocycles. The summed E-state index contributed by atoms with van der Waals surface area (Å²) in [6, 6.07) is 1.50. The van der Waals surface area contributed by atoms with Crippen molar-refractivity contribution in [1.29, 1.82) is 0 Å². The number of nitrogens with zero attached hydrogens (tertiary/aromatic N) is 1. The number of hydrogen-bond donors (Lipinski definition) is 1. The van der Waals surface area contributed by atoms with Gasteiger partial charge in [0.05, 0.1) is 11.5 Å². The Hall–Kier alpha value is -0.430. The van der Waals surface area contributed by atoms with Gasteiger partial charge in [-0.05, 0) is 19.4 Å². The second kappa shape index (κ2) is 5.27. The molecule has 0 radical (unpaired) electrons. The molecule has 0 saturated carbocycles. The van der Waals surface area contributed by atoms with Crippen molar-refractivity contribution in [3.63, 3.8) is 0 Å². The highest BCUT2D eigenvalue weighted by Crippen LogP contribution is 2.23. The van der Waals surface area contributed by atoms with E-state index in [2.05, 4.69) is 0 Å². The molecule has 1 aromatic rings. The molecule has 92 valence electrons. The van der Waals surface area contributed by atoms with Crippen LogP contribution in [0.2, 0.25) is 0 Å². The van der Waals surface area contributed by atoms with Crippen molar-refractivity contribution in [2.24, 2.45) is 0 Å². The first-order valence-electron chi connectivity index (χ1n) is 5.09. The van der Waals surface area contributed by atoms with Crippen LogP contribution in [0.15, 0.2) is 16.3 Å². The van der Waals surface area contributed by atoms with E-state index in [1.54, 1.807) is 12.4 Å². The van der Waals surface area contributed by atoms with E-state index in [1.165, 1.54) is 21.7 Å². The van der Waals surface area contributed by atoms with Gasteiger partial charge in [-0.1, -0.05) is 6.92 Å². The maximum Gasteiger partial charge on any atom is 0.243 e. The molecule has 0 spiro atoms. The van der Waals surface area contributed by atoms with Gasteiger partial charge in [0.2, 0.25) is 10.0 Å². The van der Waals surface area contributed by atoms with Gasteiger partial charge in [-0.2, -0.15) is 4.31 Å². The molecule has 1 unspecified atom stereocenters. The Balaban J connectivity index is 3.01. The molecule has 6 heteroatoms. The maximum atomic E-state index is 12.1. The van der Waals surface area contributed by atoms with Gasteiger partial charge < -0.3 is 5.11 Å². The molecule has 16 heavy (non-hydrogen) atoms. The summed E-state index contributed by atoms with van der Waals surface area (Å²) < 4.78 is 25.6. The Bertz CT molecular complexity index is 439. The van der Waals surface area contributed by atoms with Crippen LogP contribution in [-0.4, -0.2) is 30.9 Å². The maximum absolute atomic E-state index is 12.1. The van der Waals surface area contributed by atoms with E-state index in [0.717, 1.165) is 6.42 Å². The minimum absolute atomic E-state index is 0.0255. The van der Waals surface area contributed by atoms with Gasteiger partial charge in [0.1, 0.15) is 0 Å². The lowest BCUT2D eigenvalue weighted by Crippen LogP contribution is -2.34. The molecule has 1 N–H and O–H groups in total. The van der Waals surface area contributed by atoms with E-state index < -0.39 is 10.0 Å². The Kier molecular flexibility index (Phi) is 4.49. The van der Waals surface area contributed by atoms with E-state index >= 15 is 0 Å². The van der Waals surface area contributed by atoms with Crippen LogP contribution in [0.5, 0.6) is 0 Å². The zero-order chi connectivity index (χ0) is 12.3. The highest BCUT2D eigenvalue weighted by molar-refractivity contribution is 7.89. The predicted molar refractivity (Wildman–Crippen MR) is 64.9 cm³/mol. The summed E-state index contributed by atoms with van der Waals surface area (Å²) in [5, 5.41) is 10.5. The molecule has 1 aromatic heterocycles. The normalized spacial score (nSPS) is 14.3. The number of rotatable bonds is 5. The fourth-order valence-corrected chi connectivity index (χ4v) is 3.80. The molecule has 0 fully saturated rings. The lowest BCUT2D eigenvalue weighted by Gasteiger charge is -2.22. The first kappa shape index (κ1) is 13.6. The molecular weight excluding hydrogens is 246 g/mol. The smallest absolute Gasteiger partial charge is 0.243 e. The molecule has 4 nitrogen and oxygen atoms in total. The molecule has 1 heterocycles. The van der Waals surface area contributed by atoms with Gasteiger partial charge >= 0.3 is 0 Å². The Morgan fingerprint density at radius 3 is 2.62 bits per heavy atom. The number of aliphatic hydroxyl groups excluding tert-OH is 1. The molecular formula is C10H17NO3S2. The molecule has 0 aliphatic rings. The summed E-state index contributed by atoms with van der Waals surface area (Å²) in [5.41, 5.74) is 0. The van der Waals surface area contributed by atoms with Crippen molar-refractivity contribution in [3.05, 3.63) is 16.3 Å². The number of hydrogen-bond acceptors (Lipinski definition) is 4. The third-order valence-corrected chi connectivity index (χ3v) is 5.69. The van der Waals surface area contributed by atoms with Gasteiger partial charge in [0.15, 0.2) is 0 Å². The second-order valence-corrected chi connectivity index (χ2v) is 6.68. The summed E-state index contributed by atoms with van der Waals surface area (Å²) in [6.07, 6.45) is 0.771. The average molecular weight is 263 g/mol. The van der Waals surface area contributed by atoms with Gasteiger partial charge in [-0.15, -0.1) is 11.3 Å². The third kappa shape index (κ3) is 2.63. The van der Waals surface area contributed by atoms with Crippen LogP contribution in [-0.2, 0) is 16.6 Å². The first-order chi connectivity index (χ1) is 7.43. The van der Waals surface area contributed by atoms with E-state index in [1.807, 2.05) is 13.8 Å². The third-order valence-electron chi connectivity index (χ3n) is 2.67. The summed E-state index contributed by atoms with van der Waals surface area (Å²) in [7, 11) is -1.82. The molecule has 0 bridgehead atoms. The molecule has 1 atom stereocenters. The molecule has 0 aliphatic carbocycles. The van der Waals surface area contributed by atoms with Crippen LogP contribution in [0.4, 0.5) is 0 Å². The largest absolute Gasteiger partial charge is 0.391 e. The zero-order valence-corrected chi connectivity index (χ0v) is 11.3. The summed E-state index contributed by atoms with van der Waals surface area (Å²) in [6.45, 7) is 3.70. The Labute approximate surface area is 101 Å². The van der Waals surface area contributed by atoms with E-state index in [0.29, 0.717) is 4.88 Å². The standard InChI is InChI=1S/C10H17NO3S2/c1-4-8(2)11(3)16(13,14)10-5-9(6-12)15-7-10/h5,7-8,12H,4,6H2,1-3H3. The second-order valence-electron chi connectivity index (χ2n) is 3.69. The van der Waals surface area contributed by atoms with Crippen molar-refractivity contribution in [2.45, 2.75) is 37.8 Å². The molecule has 0 saturated heterocycles. The molecule has 0 amide bonds. The number of sulfonamides is 1. The van der Waals surface area contributed by atoms with Crippen molar-refractivity contribution in [3.8, 4) is 0 Å². The Morgan fingerprint density at radius 1 is 1.56 bits per heavy atom. The minimum Gasteiger partial charge on any atom is -0.391 e. The van der Waals surface area contributed by atoms with Gasteiger partial charge in [-0.3, -0.25) is 0 Å². The van der Waals surface area contributed by atoms with Gasteiger partial charge in [0.25, 0.3) is 0 Å². The van der Waals surface area contributed by atoms with Crippen molar-refractivity contribution in [2.75, 3.05) is 7.05 Å². The highest BCUT2D eigenvalue weighted by Gasteiger charge is 2.25. The fourth-order valence-electron chi connectivity index (χ4n) is 1.24. The van der Waals surface area contributed by atoms with Gasteiger partial charge in [-0.25, -0.2) is 8.42 Å². The first-order valence-corrected chi connectivity index (χ1v) is 7.41. The minimum atomic E-state index is -3.41. The highest BCUT2D eigenvalue weighted by atomic mass is 32.2. The van der Waals surface area contributed by atoms with Crippen LogP contribution >= 0.6 is 11.3 Å². The zero-order valence-electron chi connectivity index (χ0n) is 9.67. The quantitative estimate of drug-likeness (QED) is 0.879. The van der Waals surface area contributed by atoms with E-state index in [4.69, 9.17) is 5.11 Å². The fraction of sp³-hybridized carbons (Fsp3) is 0.600. The number of thiophene rings is 1. The molecule has 0 aliphatic heterocycles. The van der Waals surface area contributed by atoms with Crippen molar-refractivity contribution in [1.82, 2.24) is 4.31 Å². The van der Waals surface area contributed by atoms with Crippen molar-refractivity contribution >= 4 is 21.4 Å². The van der Waals surface area contributed by atoms with Crippen LogP contribution in [0, 0.1) is 0 Å². The Morgan fingerprint density at radius 2 is 2.19 bits per heavy atom. The summed E-state index contributed by atoms with van der Waals surface area (Å²) >= 11 is 1.26.